The number of rotatable bonds is 2. The fourth-order valence-corrected chi connectivity index (χ4v) is 3.97. The molecule has 134 valence electrons. The van der Waals surface area contributed by atoms with Gasteiger partial charge in [-0.1, -0.05) is 43.2 Å². The first-order valence-electron chi connectivity index (χ1n) is 9.06. The van der Waals surface area contributed by atoms with Crippen LogP contribution in [0.3, 0.4) is 0 Å². The highest BCUT2D eigenvalue weighted by Crippen LogP contribution is 2.61. The molecule has 0 aromatic carbocycles. The zero-order chi connectivity index (χ0) is 17.9. The van der Waals surface area contributed by atoms with Crippen molar-refractivity contribution in [1.29, 1.82) is 0 Å². The minimum absolute atomic E-state index is 0.186. The van der Waals surface area contributed by atoms with Crippen LogP contribution < -0.4 is 0 Å². The second kappa shape index (κ2) is 7.69. The van der Waals surface area contributed by atoms with Crippen molar-refractivity contribution in [3.8, 4) is 0 Å². The van der Waals surface area contributed by atoms with E-state index in [1.54, 1.807) is 7.11 Å². The van der Waals surface area contributed by atoms with Crippen LogP contribution in [0.5, 0.6) is 0 Å². The number of carbonyl (C=O) groups is 1. The molecule has 0 spiro atoms. The van der Waals surface area contributed by atoms with Gasteiger partial charge in [-0.15, -0.1) is 0 Å². The van der Waals surface area contributed by atoms with Crippen LogP contribution in [0.25, 0.3) is 0 Å². The molecule has 0 aromatic rings. The van der Waals surface area contributed by atoms with E-state index in [2.05, 4.69) is 39.8 Å². The van der Waals surface area contributed by atoms with E-state index >= 15 is 0 Å². The summed E-state index contributed by atoms with van der Waals surface area (Å²) in [7, 11) is 1.61. The number of fused-ring (bicyclic) bond motifs is 1. The van der Waals surface area contributed by atoms with Gasteiger partial charge in [-0.2, -0.15) is 0 Å². The van der Waals surface area contributed by atoms with Crippen LogP contribution in [-0.4, -0.2) is 24.3 Å². The number of carboxylic acids is 1. The number of hydrogen-bond donors (Lipinski definition) is 1. The zero-order valence-electron chi connectivity index (χ0n) is 15.8. The molecule has 0 saturated heterocycles. The summed E-state index contributed by atoms with van der Waals surface area (Å²) < 4.78 is 5.52. The van der Waals surface area contributed by atoms with E-state index in [-0.39, 0.29) is 11.5 Å². The molecule has 1 N–H and O–H groups in total. The summed E-state index contributed by atoms with van der Waals surface area (Å²) in [6, 6.07) is 0. The van der Waals surface area contributed by atoms with Gasteiger partial charge in [0.25, 0.3) is 0 Å². The van der Waals surface area contributed by atoms with E-state index < -0.39 is 5.97 Å². The first kappa shape index (κ1) is 19.0. The van der Waals surface area contributed by atoms with Gasteiger partial charge in [0, 0.05) is 7.11 Å². The van der Waals surface area contributed by atoms with Crippen molar-refractivity contribution in [2.75, 3.05) is 7.11 Å². The van der Waals surface area contributed by atoms with Crippen molar-refractivity contribution in [3.05, 3.63) is 34.9 Å². The highest BCUT2D eigenvalue weighted by molar-refractivity contribution is 5.88. The Balaban J connectivity index is 2.32. The van der Waals surface area contributed by atoms with Crippen LogP contribution in [0.2, 0.25) is 0 Å². The normalized spacial score (nSPS) is 37.5. The van der Waals surface area contributed by atoms with Crippen LogP contribution >= 0.6 is 0 Å². The van der Waals surface area contributed by atoms with Crippen LogP contribution in [0.1, 0.15) is 59.8 Å². The molecule has 3 nitrogen and oxygen atoms in total. The lowest BCUT2D eigenvalue weighted by atomic mass is 9.99. The van der Waals surface area contributed by atoms with Gasteiger partial charge in [-0.05, 0) is 63.2 Å². The van der Waals surface area contributed by atoms with Gasteiger partial charge >= 0.3 is 5.97 Å². The molecule has 0 unspecified atom stereocenters. The van der Waals surface area contributed by atoms with E-state index in [1.165, 1.54) is 11.1 Å². The smallest absolute Gasteiger partial charge is 0.333 e. The largest absolute Gasteiger partial charge is 0.478 e. The molecule has 3 heteroatoms. The summed E-state index contributed by atoms with van der Waals surface area (Å²) >= 11 is 0. The van der Waals surface area contributed by atoms with Gasteiger partial charge in [0.05, 0.1) is 11.7 Å². The molecule has 3 atom stereocenters. The standard InChI is InChI=1S/C21H32O3/c1-14-7-6-8-15(2)10-12-19(24-5)16(20(22)23)13-18-17(11-9-14)21(18,3)4/h7,10,13,17-19H,6,8-9,11-12H2,1-5H3,(H,22,23)/b14-7+,15-10+,16-13-/t17-,18-,19+/m1/s1. The van der Waals surface area contributed by atoms with Crippen LogP contribution in [-0.2, 0) is 9.53 Å². The van der Waals surface area contributed by atoms with Gasteiger partial charge in [0.1, 0.15) is 0 Å². The number of methoxy groups -OCH3 is 1. The Bertz CT molecular complexity index is 566. The zero-order valence-corrected chi connectivity index (χ0v) is 15.8. The lowest BCUT2D eigenvalue weighted by Crippen LogP contribution is -2.20. The van der Waals surface area contributed by atoms with Crippen LogP contribution in [0.15, 0.2) is 34.9 Å². The predicted molar refractivity (Wildman–Crippen MR) is 97.9 cm³/mol. The van der Waals surface area contributed by atoms with Gasteiger partial charge in [-0.3, -0.25) is 0 Å². The Hall–Kier alpha value is -1.35. The first-order valence-corrected chi connectivity index (χ1v) is 9.06. The van der Waals surface area contributed by atoms with Crippen molar-refractivity contribution in [2.24, 2.45) is 17.3 Å². The average molecular weight is 332 g/mol. The fraction of sp³-hybridized carbons (Fsp3) is 0.667. The summed E-state index contributed by atoms with van der Waals surface area (Å²) in [6.45, 7) is 8.84. The molecule has 0 heterocycles. The molecular weight excluding hydrogens is 300 g/mol. The lowest BCUT2D eigenvalue weighted by molar-refractivity contribution is -0.134. The van der Waals surface area contributed by atoms with Crippen LogP contribution in [0.4, 0.5) is 0 Å². The Morgan fingerprint density at radius 1 is 1.21 bits per heavy atom. The van der Waals surface area contributed by atoms with Crippen molar-refractivity contribution >= 4 is 5.97 Å². The van der Waals surface area contributed by atoms with Crippen LogP contribution in [0, 0.1) is 17.3 Å². The molecule has 24 heavy (non-hydrogen) atoms. The number of carboxylic acid groups (broad SMARTS) is 1. The molecule has 1 fully saturated rings. The Labute approximate surface area is 146 Å². The third-order valence-electron chi connectivity index (χ3n) is 5.94. The second-order valence-corrected chi connectivity index (χ2v) is 8.02. The average Bonchev–Trinajstić information content (AvgIpc) is 3.03. The maximum atomic E-state index is 11.8. The summed E-state index contributed by atoms with van der Waals surface area (Å²) in [5, 5.41) is 9.68. The molecule has 0 radical (unpaired) electrons. The van der Waals surface area contributed by atoms with Crippen molar-refractivity contribution in [1.82, 2.24) is 0 Å². The molecule has 2 rings (SSSR count). The highest BCUT2D eigenvalue weighted by Gasteiger charge is 2.55. The third-order valence-corrected chi connectivity index (χ3v) is 5.94. The molecule has 0 amide bonds. The molecule has 0 aromatic heterocycles. The van der Waals surface area contributed by atoms with Gasteiger partial charge in [0.15, 0.2) is 0 Å². The fourth-order valence-electron chi connectivity index (χ4n) is 3.97. The summed E-state index contributed by atoms with van der Waals surface area (Å²) in [5.41, 5.74) is 3.36. The second-order valence-electron chi connectivity index (χ2n) is 8.02. The number of hydrogen-bond acceptors (Lipinski definition) is 2. The van der Waals surface area contributed by atoms with Gasteiger partial charge in [0.2, 0.25) is 0 Å². The predicted octanol–water partition coefficient (Wildman–Crippen LogP) is 5.14. The van der Waals surface area contributed by atoms with Gasteiger partial charge < -0.3 is 9.84 Å². The Morgan fingerprint density at radius 3 is 2.50 bits per heavy atom. The molecule has 2 aliphatic rings. The minimum atomic E-state index is -0.850. The first-order chi connectivity index (χ1) is 11.3. The number of allylic oxidation sites excluding steroid dienone is 4. The minimum Gasteiger partial charge on any atom is -0.478 e. The lowest BCUT2D eigenvalue weighted by Gasteiger charge is -2.15. The van der Waals surface area contributed by atoms with E-state index in [4.69, 9.17) is 4.74 Å². The molecule has 0 bridgehead atoms. The summed E-state index contributed by atoms with van der Waals surface area (Å²) in [6.07, 6.45) is 11.1. The van der Waals surface area contributed by atoms with Crippen molar-refractivity contribution < 1.29 is 14.6 Å². The molecular formula is C21H32O3. The maximum Gasteiger partial charge on any atom is 0.333 e. The van der Waals surface area contributed by atoms with E-state index in [0.29, 0.717) is 23.8 Å². The summed E-state index contributed by atoms with van der Waals surface area (Å²) in [5.74, 6) is 0.0486. The Kier molecular flexibility index (Phi) is 6.08. The van der Waals surface area contributed by atoms with Gasteiger partial charge in [-0.25, -0.2) is 4.79 Å². The summed E-state index contributed by atoms with van der Waals surface area (Å²) in [4.78, 5) is 11.8. The Morgan fingerprint density at radius 2 is 1.88 bits per heavy atom. The van der Waals surface area contributed by atoms with Crippen molar-refractivity contribution in [2.45, 2.75) is 65.9 Å². The topological polar surface area (TPSA) is 46.5 Å². The quantitative estimate of drug-likeness (QED) is 0.712. The van der Waals surface area contributed by atoms with E-state index in [1.807, 2.05) is 6.08 Å². The highest BCUT2D eigenvalue weighted by atomic mass is 16.5. The monoisotopic (exact) mass is 332 g/mol. The molecule has 2 aliphatic carbocycles. The van der Waals surface area contributed by atoms with E-state index in [9.17, 15) is 9.90 Å². The number of aliphatic carboxylic acids is 1. The molecule has 1 saturated carbocycles. The maximum absolute atomic E-state index is 11.8. The molecule has 0 aliphatic heterocycles. The van der Waals surface area contributed by atoms with E-state index in [0.717, 1.165) is 25.7 Å². The number of ether oxygens (including phenoxy) is 1. The third kappa shape index (κ3) is 4.38. The SMILES string of the molecule is CO[C@H]1C/C=C(\C)CC/C=C(\C)CC[C@@H]2[C@@H](/C=C/1C(=O)O)C2(C)C. The van der Waals surface area contributed by atoms with Crippen molar-refractivity contribution in [3.63, 3.8) is 0 Å².